The van der Waals surface area contributed by atoms with E-state index in [-0.39, 0.29) is 5.91 Å². The summed E-state index contributed by atoms with van der Waals surface area (Å²) in [7, 11) is -4.69. The molecule has 0 aromatic heterocycles. The Hall–Kier alpha value is -1.72. The Morgan fingerprint density at radius 2 is 1.75 bits per heavy atom. The van der Waals surface area contributed by atoms with Crippen molar-refractivity contribution in [3.8, 4) is 0 Å². The third kappa shape index (κ3) is 7.02. The number of rotatable bonds is 11. The highest BCUT2D eigenvalue weighted by molar-refractivity contribution is 7.46. The van der Waals surface area contributed by atoms with Gasteiger partial charge in [0.1, 0.15) is 0 Å². The summed E-state index contributed by atoms with van der Waals surface area (Å²) in [4.78, 5) is 31.0. The summed E-state index contributed by atoms with van der Waals surface area (Å²) in [6.45, 7) is 3.71. The number of benzene rings is 2. The highest BCUT2D eigenvalue weighted by Gasteiger charge is 2.29. The van der Waals surface area contributed by atoms with E-state index in [2.05, 4.69) is 12.2 Å². The fourth-order valence-electron chi connectivity index (χ4n) is 3.38. The number of carbonyl (C=O) groups is 1. The number of phosphoric ester groups is 1. The van der Waals surface area contributed by atoms with E-state index in [1.54, 1.807) is 6.92 Å². The molecule has 2 aromatic carbocycles. The number of fused-ring (bicyclic) bond motifs is 1. The number of hydrogen-bond acceptors (Lipinski definition) is 3. The molecule has 2 rings (SSSR count). The molecule has 0 aliphatic rings. The zero-order chi connectivity index (χ0) is 20.6. The van der Waals surface area contributed by atoms with Crippen molar-refractivity contribution in [3.63, 3.8) is 0 Å². The van der Waals surface area contributed by atoms with Crippen LogP contribution in [0.1, 0.15) is 64.0 Å². The van der Waals surface area contributed by atoms with Crippen LogP contribution in [-0.2, 0) is 13.9 Å². The molecule has 0 aliphatic heterocycles. The predicted molar refractivity (Wildman–Crippen MR) is 111 cm³/mol. The van der Waals surface area contributed by atoms with E-state index in [4.69, 9.17) is 4.52 Å². The van der Waals surface area contributed by atoms with Crippen LogP contribution in [0.5, 0.6) is 0 Å². The van der Waals surface area contributed by atoms with Crippen LogP contribution in [0.15, 0.2) is 42.5 Å². The van der Waals surface area contributed by atoms with Crippen LogP contribution in [0, 0.1) is 0 Å². The molecule has 0 radical (unpaired) electrons. The quantitative estimate of drug-likeness (QED) is 0.365. The van der Waals surface area contributed by atoms with Gasteiger partial charge in [0, 0.05) is 6.42 Å². The molecule has 0 saturated carbocycles. The van der Waals surface area contributed by atoms with Crippen molar-refractivity contribution in [2.24, 2.45) is 0 Å². The third-order valence-corrected chi connectivity index (χ3v) is 5.36. The molecule has 2 aromatic rings. The number of amides is 1. The smallest absolute Gasteiger partial charge is 0.347 e. The Balaban J connectivity index is 2.20. The van der Waals surface area contributed by atoms with Gasteiger partial charge in [0.15, 0.2) is 0 Å². The SMILES string of the molecule is CCCCCCCC(=O)NC(c1cccc2ccccc12)C(C)OP(=O)(O)O. The molecule has 0 spiro atoms. The van der Waals surface area contributed by atoms with E-state index >= 15 is 0 Å². The largest absolute Gasteiger partial charge is 0.469 e. The summed E-state index contributed by atoms with van der Waals surface area (Å²) in [5, 5.41) is 4.84. The van der Waals surface area contributed by atoms with Gasteiger partial charge in [-0.15, -0.1) is 0 Å². The Kier molecular flexibility index (Phi) is 8.64. The highest BCUT2D eigenvalue weighted by Crippen LogP contribution is 2.41. The van der Waals surface area contributed by atoms with Gasteiger partial charge in [-0.1, -0.05) is 75.1 Å². The molecule has 1 amide bonds. The average molecular weight is 407 g/mol. The maximum Gasteiger partial charge on any atom is 0.469 e. The van der Waals surface area contributed by atoms with Gasteiger partial charge in [0.05, 0.1) is 12.1 Å². The van der Waals surface area contributed by atoms with Crippen molar-refractivity contribution < 1.29 is 23.7 Å². The minimum absolute atomic E-state index is 0.143. The third-order valence-electron chi connectivity index (χ3n) is 4.76. The van der Waals surface area contributed by atoms with Gasteiger partial charge >= 0.3 is 7.82 Å². The van der Waals surface area contributed by atoms with Crippen LogP contribution in [0.2, 0.25) is 0 Å². The van der Waals surface area contributed by atoms with Gasteiger partial charge in [-0.3, -0.25) is 9.32 Å². The van der Waals surface area contributed by atoms with Gasteiger partial charge in [-0.05, 0) is 29.7 Å². The average Bonchev–Trinajstić information content (AvgIpc) is 2.64. The summed E-state index contributed by atoms with van der Waals surface area (Å²) < 4.78 is 16.3. The first-order valence-corrected chi connectivity index (χ1v) is 11.4. The zero-order valence-corrected chi connectivity index (χ0v) is 17.4. The Bertz CT molecular complexity index is 814. The lowest BCUT2D eigenvalue weighted by atomic mass is 9.95. The van der Waals surface area contributed by atoms with Gasteiger partial charge in [0.2, 0.25) is 5.91 Å². The number of hydrogen-bond donors (Lipinski definition) is 3. The van der Waals surface area contributed by atoms with Crippen molar-refractivity contribution in [1.29, 1.82) is 0 Å². The van der Waals surface area contributed by atoms with Crippen LogP contribution in [0.3, 0.4) is 0 Å². The minimum atomic E-state index is -4.69. The molecule has 6 nitrogen and oxygen atoms in total. The van der Waals surface area contributed by atoms with Gasteiger partial charge in [-0.25, -0.2) is 4.57 Å². The molecule has 0 fully saturated rings. The van der Waals surface area contributed by atoms with Crippen LogP contribution in [0.4, 0.5) is 0 Å². The number of unbranched alkanes of at least 4 members (excludes halogenated alkanes) is 4. The number of carbonyl (C=O) groups excluding carboxylic acids is 1. The number of nitrogens with one attached hydrogen (secondary N) is 1. The van der Waals surface area contributed by atoms with Gasteiger partial charge < -0.3 is 15.1 Å². The normalized spacial score (nSPS) is 14.0. The fourth-order valence-corrected chi connectivity index (χ4v) is 3.94. The van der Waals surface area contributed by atoms with E-state index in [1.165, 1.54) is 0 Å². The Labute approximate surface area is 166 Å². The fraction of sp³-hybridized carbons (Fsp3) is 0.476. The molecule has 2 atom stereocenters. The van der Waals surface area contributed by atoms with Gasteiger partial charge in [-0.2, -0.15) is 0 Å². The molecule has 0 heterocycles. The first-order valence-electron chi connectivity index (χ1n) is 9.83. The van der Waals surface area contributed by atoms with Crippen molar-refractivity contribution >= 4 is 24.5 Å². The first kappa shape index (κ1) is 22.6. The summed E-state index contributed by atoms with van der Waals surface area (Å²) in [6, 6.07) is 12.7. The van der Waals surface area contributed by atoms with Crippen molar-refractivity contribution in [1.82, 2.24) is 5.32 Å². The summed E-state index contributed by atoms with van der Waals surface area (Å²) in [6.07, 6.45) is 4.69. The Morgan fingerprint density at radius 1 is 1.07 bits per heavy atom. The van der Waals surface area contributed by atoms with E-state index in [0.717, 1.165) is 48.4 Å². The molecule has 28 heavy (non-hydrogen) atoms. The van der Waals surface area contributed by atoms with E-state index in [9.17, 15) is 19.1 Å². The van der Waals surface area contributed by atoms with Crippen molar-refractivity contribution in [3.05, 3.63) is 48.0 Å². The van der Waals surface area contributed by atoms with E-state index in [1.807, 2.05) is 42.5 Å². The maximum atomic E-state index is 12.5. The van der Waals surface area contributed by atoms with Crippen LogP contribution >= 0.6 is 7.82 Å². The highest BCUT2D eigenvalue weighted by atomic mass is 31.2. The zero-order valence-electron chi connectivity index (χ0n) is 16.5. The molecule has 3 N–H and O–H groups in total. The molecule has 0 bridgehead atoms. The Morgan fingerprint density at radius 3 is 2.46 bits per heavy atom. The molecule has 154 valence electrons. The first-order chi connectivity index (χ1) is 13.3. The van der Waals surface area contributed by atoms with Crippen LogP contribution in [0.25, 0.3) is 10.8 Å². The summed E-state index contributed by atoms with van der Waals surface area (Å²) >= 11 is 0. The maximum absolute atomic E-state index is 12.5. The lowest BCUT2D eigenvalue weighted by molar-refractivity contribution is -0.122. The molecule has 0 saturated heterocycles. The van der Waals surface area contributed by atoms with Crippen molar-refractivity contribution in [2.75, 3.05) is 0 Å². The van der Waals surface area contributed by atoms with E-state index < -0.39 is 20.0 Å². The molecule has 2 unspecified atom stereocenters. The number of phosphoric acid groups is 1. The van der Waals surface area contributed by atoms with Crippen LogP contribution in [-0.4, -0.2) is 21.8 Å². The monoisotopic (exact) mass is 407 g/mol. The predicted octanol–water partition coefficient (Wildman–Crippen LogP) is 4.86. The second kappa shape index (κ2) is 10.7. The summed E-state index contributed by atoms with van der Waals surface area (Å²) in [5.74, 6) is -0.143. The van der Waals surface area contributed by atoms with E-state index in [0.29, 0.717) is 6.42 Å². The topological polar surface area (TPSA) is 95.9 Å². The lowest BCUT2D eigenvalue weighted by Crippen LogP contribution is -2.36. The molecule has 7 heteroatoms. The molecular formula is C21H30NO5P. The van der Waals surface area contributed by atoms with Crippen LogP contribution < -0.4 is 5.32 Å². The van der Waals surface area contributed by atoms with Gasteiger partial charge in [0.25, 0.3) is 0 Å². The lowest BCUT2D eigenvalue weighted by Gasteiger charge is -2.27. The van der Waals surface area contributed by atoms with Crippen molar-refractivity contribution in [2.45, 2.75) is 64.5 Å². The summed E-state index contributed by atoms with van der Waals surface area (Å²) in [5.41, 5.74) is 0.776. The second-order valence-corrected chi connectivity index (χ2v) is 8.27. The molecular weight excluding hydrogens is 377 g/mol. The molecule has 0 aliphatic carbocycles. The minimum Gasteiger partial charge on any atom is -0.347 e. The standard InChI is InChI=1S/C21H30NO5P/c1-3-4-5-6-7-15-20(23)22-21(16(2)27-28(24,25)26)19-14-10-12-17-11-8-9-13-18(17)19/h8-14,16,21H,3-7,15H2,1-2H3,(H,22,23)(H2,24,25,26). The second-order valence-electron chi connectivity index (χ2n) is 7.08.